The monoisotopic (exact) mass is 299 g/mol. The molecule has 0 aliphatic carbocycles. The summed E-state index contributed by atoms with van der Waals surface area (Å²) in [5.41, 5.74) is 8.09. The maximum Gasteiger partial charge on any atom is 0.217 e. The lowest BCUT2D eigenvalue weighted by Crippen LogP contribution is -2.48. The summed E-state index contributed by atoms with van der Waals surface area (Å²) in [5, 5.41) is 9.80. The van der Waals surface area contributed by atoms with E-state index in [0.717, 1.165) is 35.8 Å². The molecule has 0 fully saturated rings. The lowest BCUT2D eigenvalue weighted by molar-refractivity contribution is 0.331. The van der Waals surface area contributed by atoms with E-state index in [-0.39, 0.29) is 18.0 Å². The third-order valence-electron chi connectivity index (χ3n) is 3.79. The van der Waals surface area contributed by atoms with Gasteiger partial charge in [-0.05, 0) is 31.0 Å². The summed E-state index contributed by atoms with van der Waals surface area (Å²) in [4.78, 5) is 13.2. The van der Waals surface area contributed by atoms with Crippen molar-refractivity contribution in [2.24, 2.45) is 20.8 Å². The second-order valence-electron chi connectivity index (χ2n) is 5.63. The number of guanidine groups is 1. The van der Waals surface area contributed by atoms with Crippen LogP contribution in [0.1, 0.15) is 25.3 Å². The van der Waals surface area contributed by atoms with E-state index >= 15 is 0 Å². The summed E-state index contributed by atoms with van der Waals surface area (Å²) >= 11 is 0. The summed E-state index contributed by atoms with van der Waals surface area (Å²) in [6.45, 7) is 4.16. The molecule has 1 aromatic rings. The van der Waals surface area contributed by atoms with Gasteiger partial charge in [0.2, 0.25) is 5.96 Å². The number of aliphatic imine (C=N–C) groups is 2. The van der Waals surface area contributed by atoms with Crippen molar-refractivity contribution in [1.82, 2.24) is 9.99 Å². The Labute approximate surface area is 130 Å². The van der Waals surface area contributed by atoms with Gasteiger partial charge in [-0.15, -0.1) is 0 Å². The van der Waals surface area contributed by atoms with Crippen LogP contribution in [0, 0.1) is 6.92 Å². The number of anilines is 1. The highest BCUT2D eigenvalue weighted by Crippen LogP contribution is 2.24. The number of pyridine rings is 1. The van der Waals surface area contributed by atoms with Crippen LogP contribution in [0.25, 0.3) is 0 Å². The Bertz CT molecular complexity index is 662. The summed E-state index contributed by atoms with van der Waals surface area (Å²) < 4.78 is 0. The quantitative estimate of drug-likeness (QED) is 0.881. The summed E-state index contributed by atoms with van der Waals surface area (Å²) in [6.07, 6.45) is 3.72. The van der Waals surface area contributed by atoms with Crippen LogP contribution in [-0.2, 0) is 0 Å². The number of hydrogen-bond acceptors (Lipinski definition) is 7. The number of hydrazone groups is 1. The van der Waals surface area contributed by atoms with Crippen molar-refractivity contribution in [3.05, 3.63) is 23.9 Å². The average Bonchev–Trinajstić information content (AvgIpc) is 2.76. The van der Waals surface area contributed by atoms with E-state index in [1.54, 1.807) is 6.20 Å². The van der Waals surface area contributed by atoms with E-state index < -0.39 is 0 Å². The van der Waals surface area contributed by atoms with Gasteiger partial charge in [-0.1, -0.05) is 13.3 Å². The zero-order valence-electron chi connectivity index (χ0n) is 13.1. The Kier molecular flexibility index (Phi) is 3.79. The van der Waals surface area contributed by atoms with Crippen molar-refractivity contribution in [2.45, 2.75) is 38.8 Å². The number of amidine groups is 1. The number of aryl methyl sites for hydroxylation is 1. The van der Waals surface area contributed by atoms with Gasteiger partial charge in [0.15, 0.2) is 0 Å². The lowest BCUT2D eigenvalue weighted by atomic mass is 9.99. The minimum atomic E-state index is -0.0604. The predicted molar refractivity (Wildman–Crippen MR) is 89.3 cm³/mol. The minimum absolute atomic E-state index is 0.0452. The molecule has 3 heterocycles. The Morgan fingerprint density at radius 3 is 2.95 bits per heavy atom. The number of nitrogens with two attached hydrogens (primary N) is 1. The average molecular weight is 299 g/mol. The summed E-state index contributed by atoms with van der Waals surface area (Å²) in [5.74, 6) is 1.79. The third kappa shape index (κ3) is 2.66. The zero-order chi connectivity index (χ0) is 15.7. The molecule has 2 aliphatic heterocycles. The van der Waals surface area contributed by atoms with Crippen molar-refractivity contribution in [3.8, 4) is 0 Å². The van der Waals surface area contributed by atoms with Gasteiger partial charge in [0.25, 0.3) is 0 Å². The molecule has 3 rings (SSSR count). The van der Waals surface area contributed by atoms with Gasteiger partial charge >= 0.3 is 0 Å². The number of rotatable bonds is 3. The Morgan fingerprint density at radius 1 is 1.41 bits per heavy atom. The first-order valence-corrected chi connectivity index (χ1v) is 7.50. The van der Waals surface area contributed by atoms with E-state index in [1.807, 2.05) is 31.1 Å². The molecule has 2 unspecified atom stereocenters. The number of likely N-dealkylation sites (N-methyl/N-ethyl adjacent to an activating group) is 1. The largest absolute Gasteiger partial charge is 0.368 e. The van der Waals surface area contributed by atoms with Gasteiger partial charge in [0.1, 0.15) is 23.7 Å². The molecule has 0 aromatic carbocycles. The van der Waals surface area contributed by atoms with Crippen LogP contribution in [0.15, 0.2) is 33.4 Å². The SMILES string of the molecule is CCCC1=NN(C)C2C(Nc3cc(C)ccn3)=NC(N)=NC12. The highest BCUT2D eigenvalue weighted by Gasteiger charge is 2.41. The molecule has 22 heavy (non-hydrogen) atoms. The molecule has 0 bridgehead atoms. The molecule has 0 saturated heterocycles. The molecule has 0 saturated carbocycles. The maximum absolute atomic E-state index is 5.90. The molecule has 2 aliphatic rings. The number of nitrogens with zero attached hydrogens (tertiary/aromatic N) is 5. The molecule has 0 amide bonds. The van der Waals surface area contributed by atoms with E-state index in [1.165, 1.54) is 0 Å². The molecule has 7 nitrogen and oxygen atoms in total. The highest BCUT2D eigenvalue weighted by molar-refractivity contribution is 6.12. The van der Waals surface area contributed by atoms with E-state index in [9.17, 15) is 0 Å². The van der Waals surface area contributed by atoms with Crippen LogP contribution < -0.4 is 11.1 Å². The van der Waals surface area contributed by atoms with Crippen LogP contribution in [0.5, 0.6) is 0 Å². The normalized spacial score (nSPS) is 23.6. The maximum atomic E-state index is 5.90. The summed E-state index contributed by atoms with van der Waals surface area (Å²) in [6, 6.07) is 3.82. The predicted octanol–water partition coefficient (Wildman–Crippen LogP) is 1.37. The smallest absolute Gasteiger partial charge is 0.217 e. The molecule has 0 spiro atoms. The van der Waals surface area contributed by atoms with Crippen molar-refractivity contribution in [1.29, 1.82) is 0 Å². The minimum Gasteiger partial charge on any atom is -0.368 e. The van der Waals surface area contributed by atoms with Gasteiger partial charge in [-0.25, -0.2) is 9.98 Å². The zero-order valence-corrected chi connectivity index (χ0v) is 13.1. The van der Waals surface area contributed by atoms with Crippen molar-refractivity contribution >= 4 is 23.3 Å². The standard InChI is InChI=1S/C15H21N7/c1-4-5-10-12-13(22(3)21-10)14(20-15(16)19-12)18-11-8-9(2)6-7-17-11/h6-8,12-13H,4-5H2,1-3H3,(H3,16,17,18,19,20). The molecular weight excluding hydrogens is 278 g/mol. The molecular formula is C15H21N7. The number of nitrogens with one attached hydrogen (secondary N) is 1. The Hall–Kier alpha value is -2.44. The Balaban J connectivity index is 1.87. The molecule has 7 heteroatoms. The van der Waals surface area contributed by atoms with Crippen LogP contribution >= 0.6 is 0 Å². The van der Waals surface area contributed by atoms with Gasteiger partial charge in [-0.2, -0.15) is 10.1 Å². The fourth-order valence-corrected chi connectivity index (χ4v) is 2.83. The Morgan fingerprint density at radius 2 is 2.23 bits per heavy atom. The van der Waals surface area contributed by atoms with Crippen molar-refractivity contribution < 1.29 is 0 Å². The van der Waals surface area contributed by atoms with E-state index in [2.05, 4.69) is 32.3 Å². The van der Waals surface area contributed by atoms with Crippen molar-refractivity contribution in [3.63, 3.8) is 0 Å². The first-order valence-electron chi connectivity index (χ1n) is 7.50. The van der Waals surface area contributed by atoms with E-state index in [4.69, 9.17) is 5.73 Å². The van der Waals surface area contributed by atoms with Gasteiger partial charge in [0.05, 0.1) is 5.71 Å². The lowest BCUT2D eigenvalue weighted by Gasteiger charge is -2.27. The number of fused-ring (bicyclic) bond motifs is 1. The highest BCUT2D eigenvalue weighted by atomic mass is 15.5. The molecule has 116 valence electrons. The fraction of sp³-hybridized carbons (Fsp3) is 0.467. The molecule has 3 N–H and O–H groups in total. The molecule has 2 atom stereocenters. The topological polar surface area (TPSA) is 91.3 Å². The van der Waals surface area contributed by atoms with Crippen LogP contribution in [0.3, 0.4) is 0 Å². The second-order valence-corrected chi connectivity index (χ2v) is 5.63. The summed E-state index contributed by atoms with van der Waals surface area (Å²) in [7, 11) is 1.94. The van der Waals surface area contributed by atoms with Crippen LogP contribution in [-0.4, -0.2) is 46.6 Å². The molecule has 1 aromatic heterocycles. The van der Waals surface area contributed by atoms with Gasteiger partial charge in [0, 0.05) is 13.2 Å². The van der Waals surface area contributed by atoms with Crippen LogP contribution in [0.4, 0.5) is 5.82 Å². The first kappa shape index (κ1) is 14.5. The second kappa shape index (κ2) is 5.75. The van der Waals surface area contributed by atoms with Crippen molar-refractivity contribution in [2.75, 3.05) is 12.4 Å². The fourth-order valence-electron chi connectivity index (χ4n) is 2.83. The number of hydrogen-bond donors (Lipinski definition) is 2. The number of aromatic nitrogens is 1. The van der Waals surface area contributed by atoms with Gasteiger partial charge in [-0.3, -0.25) is 5.01 Å². The first-order chi connectivity index (χ1) is 10.6. The van der Waals surface area contributed by atoms with Crippen LogP contribution in [0.2, 0.25) is 0 Å². The van der Waals surface area contributed by atoms with Gasteiger partial charge < -0.3 is 11.1 Å². The third-order valence-corrected chi connectivity index (χ3v) is 3.79. The van der Waals surface area contributed by atoms with E-state index in [0.29, 0.717) is 0 Å². The molecule has 0 radical (unpaired) electrons.